The number of carbonyl (C=O) groups excluding carboxylic acids is 1. The van der Waals surface area contributed by atoms with Crippen LogP contribution in [0.25, 0.3) is 0 Å². The molecule has 2 aliphatic carbocycles. The molecule has 1 heterocycles. The lowest BCUT2D eigenvalue weighted by atomic mass is 10.0. The molecule has 0 aromatic rings. The Bertz CT molecular complexity index is 284. The number of amides is 1. The summed E-state index contributed by atoms with van der Waals surface area (Å²) in [5.74, 6) is 3.47. The number of nitrogens with zero attached hydrogens (tertiary/aromatic N) is 1. The number of carbonyl (C=O) groups is 1. The van der Waals surface area contributed by atoms with E-state index in [1.54, 1.807) is 0 Å². The van der Waals surface area contributed by atoms with Crippen LogP contribution >= 0.6 is 15.9 Å². The van der Waals surface area contributed by atoms with E-state index >= 15 is 0 Å². The monoisotopic (exact) mass is 285 g/mol. The van der Waals surface area contributed by atoms with E-state index < -0.39 is 0 Å². The molecule has 1 amide bonds. The second kappa shape index (κ2) is 4.32. The maximum Gasteiger partial charge on any atom is 0.225 e. The van der Waals surface area contributed by atoms with Crippen molar-refractivity contribution in [2.45, 2.75) is 32.1 Å². The summed E-state index contributed by atoms with van der Waals surface area (Å²) in [5, 5.41) is 1.08. The van der Waals surface area contributed by atoms with Crippen LogP contribution in [-0.4, -0.2) is 29.2 Å². The predicted octanol–water partition coefficient (Wildman–Crippen LogP) is 2.67. The Hall–Kier alpha value is -0.0500. The fraction of sp³-hybridized carbons (Fsp3) is 0.923. The van der Waals surface area contributed by atoms with Gasteiger partial charge in [0.2, 0.25) is 5.91 Å². The minimum Gasteiger partial charge on any atom is -0.342 e. The van der Waals surface area contributed by atoms with E-state index in [2.05, 4.69) is 20.8 Å². The molecule has 1 aliphatic heterocycles. The lowest BCUT2D eigenvalue weighted by Crippen LogP contribution is -2.34. The van der Waals surface area contributed by atoms with Crippen molar-refractivity contribution in [1.29, 1.82) is 0 Å². The van der Waals surface area contributed by atoms with Gasteiger partial charge in [0, 0.05) is 24.3 Å². The molecule has 0 bridgehead atoms. The topological polar surface area (TPSA) is 20.3 Å². The molecule has 3 fully saturated rings. The van der Waals surface area contributed by atoms with Crippen LogP contribution in [0.1, 0.15) is 32.1 Å². The van der Waals surface area contributed by atoms with Gasteiger partial charge in [-0.25, -0.2) is 0 Å². The quantitative estimate of drug-likeness (QED) is 0.730. The molecule has 90 valence electrons. The van der Waals surface area contributed by atoms with E-state index in [0.29, 0.717) is 11.8 Å². The molecule has 2 saturated carbocycles. The zero-order valence-electron chi connectivity index (χ0n) is 9.70. The zero-order chi connectivity index (χ0) is 11.1. The molecular weight excluding hydrogens is 266 g/mol. The van der Waals surface area contributed by atoms with Crippen LogP contribution in [-0.2, 0) is 4.79 Å². The van der Waals surface area contributed by atoms with Crippen LogP contribution < -0.4 is 0 Å². The maximum absolute atomic E-state index is 12.3. The summed E-state index contributed by atoms with van der Waals surface area (Å²) >= 11 is 3.49. The summed E-state index contributed by atoms with van der Waals surface area (Å²) < 4.78 is 0. The van der Waals surface area contributed by atoms with Crippen molar-refractivity contribution in [2.24, 2.45) is 23.7 Å². The lowest BCUT2D eigenvalue weighted by Gasteiger charge is -2.21. The van der Waals surface area contributed by atoms with Crippen LogP contribution in [0.5, 0.6) is 0 Å². The summed E-state index contributed by atoms with van der Waals surface area (Å²) in [4.78, 5) is 14.4. The largest absolute Gasteiger partial charge is 0.342 e. The Morgan fingerprint density at radius 3 is 2.69 bits per heavy atom. The number of fused-ring (bicyclic) bond motifs is 1. The summed E-state index contributed by atoms with van der Waals surface area (Å²) in [6, 6.07) is 0. The smallest absolute Gasteiger partial charge is 0.225 e. The van der Waals surface area contributed by atoms with Crippen LogP contribution in [0.3, 0.4) is 0 Å². The van der Waals surface area contributed by atoms with E-state index in [9.17, 15) is 4.79 Å². The van der Waals surface area contributed by atoms with Crippen LogP contribution in [0.2, 0.25) is 0 Å². The molecule has 0 aromatic carbocycles. The van der Waals surface area contributed by atoms with Gasteiger partial charge in [0.15, 0.2) is 0 Å². The number of rotatable bonds is 3. The number of alkyl halides is 1. The fourth-order valence-electron chi connectivity index (χ4n) is 3.60. The van der Waals surface area contributed by atoms with Crippen LogP contribution in [0.15, 0.2) is 0 Å². The van der Waals surface area contributed by atoms with Gasteiger partial charge in [0.25, 0.3) is 0 Å². The van der Waals surface area contributed by atoms with E-state index in [-0.39, 0.29) is 0 Å². The first kappa shape index (κ1) is 11.1. The Morgan fingerprint density at radius 2 is 2.00 bits per heavy atom. The number of halogens is 1. The van der Waals surface area contributed by atoms with Gasteiger partial charge in [-0.2, -0.15) is 0 Å². The maximum atomic E-state index is 12.3. The predicted molar refractivity (Wildman–Crippen MR) is 67.4 cm³/mol. The summed E-state index contributed by atoms with van der Waals surface area (Å²) in [6.45, 7) is 2.04. The summed E-state index contributed by atoms with van der Waals surface area (Å²) in [7, 11) is 0. The fourth-order valence-corrected chi connectivity index (χ4v) is 4.24. The molecule has 0 N–H and O–H groups in total. The van der Waals surface area contributed by atoms with Gasteiger partial charge in [-0.1, -0.05) is 15.9 Å². The van der Waals surface area contributed by atoms with Crippen molar-refractivity contribution in [3.8, 4) is 0 Å². The highest BCUT2D eigenvalue weighted by atomic mass is 79.9. The van der Waals surface area contributed by atoms with Crippen LogP contribution in [0.4, 0.5) is 0 Å². The molecule has 0 radical (unpaired) electrons. The normalized spacial score (nSPS) is 41.2. The second-order valence-corrected chi connectivity index (χ2v) is 6.63. The van der Waals surface area contributed by atoms with Gasteiger partial charge in [0.05, 0.1) is 0 Å². The van der Waals surface area contributed by atoms with Crippen molar-refractivity contribution in [3.63, 3.8) is 0 Å². The highest BCUT2D eigenvalue weighted by molar-refractivity contribution is 9.09. The average molecular weight is 286 g/mol. The SMILES string of the molecule is O=C(C1CC2CC2C1)N1CCC(CCBr)C1. The first-order valence-corrected chi connectivity index (χ1v) is 7.75. The molecule has 3 unspecified atom stereocenters. The van der Waals surface area contributed by atoms with E-state index in [4.69, 9.17) is 0 Å². The van der Waals surface area contributed by atoms with Gasteiger partial charge in [-0.15, -0.1) is 0 Å². The molecule has 3 heteroatoms. The third-order valence-electron chi connectivity index (χ3n) is 4.71. The van der Waals surface area contributed by atoms with Crippen molar-refractivity contribution >= 4 is 21.8 Å². The van der Waals surface area contributed by atoms with Gasteiger partial charge in [-0.05, 0) is 49.9 Å². The molecule has 0 aromatic heterocycles. The third kappa shape index (κ3) is 2.03. The van der Waals surface area contributed by atoms with Gasteiger partial charge < -0.3 is 4.90 Å². The number of hydrogen-bond donors (Lipinski definition) is 0. The highest BCUT2D eigenvalue weighted by Crippen LogP contribution is 2.54. The van der Waals surface area contributed by atoms with Gasteiger partial charge in [0.1, 0.15) is 0 Å². The molecule has 3 atom stereocenters. The second-order valence-electron chi connectivity index (χ2n) is 5.84. The zero-order valence-corrected chi connectivity index (χ0v) is 11.3. The van der Waals surface area contributed by atoms with Crippen molar-refractivity contribution in [2.75, 3.05) is 18.4 Å². The molecule has 1 saturated heterocycles. The Morgan fingerprint density at radius 1 is 1.25 bits per heavy atom. The lowest BCUT2D eigenvalue weighted by molar-refractivity contribution is -0.134. The first-order chi connectivity index (χ1) is 7.78. The molecular formula is C13H20BrNO. The molecule has 3 aliphatic rings. The van der Waals surface area contributed by atoms with E-state index in [0.717, 1.165) is 36.2 Å². The van der Waals surface area contributed by atoms with Gasteiger partial charge >= 0.3 is 0 Å². The number of hydrogen-bond acceptors (Lipinski definition) is 1. The third-order valence-corrected chi connectivity index (χ3v) is 5.17. The highest BCUT2D eigenvalue weighted by Gasteiger charge is 2.49. The van der Waals surface area contributed by atoms with E-state index in [1.807, 2.05) is 0 Å². The van der Waals surface area contributed by atoms with Crippen molar-refractivity contribution in [1.82, 2.24) is 4.90 Å². The minimum atomic E-state index is 0.395. The minimum absolute atomic E-state index is 0.395. The number of likely N-dealkylation sites (tertiary alicyclic amines) is 1. The summed E-state index contributed by atoms with van der Waals surface area (Å²) in [6.07, 6.45) is 6.25. The Kier molecular flexibility index (Phi) is 2.99. The Labute approximate surface area is 106 Å². The van der Waals surface area contributed by atoms with Crippen molar-refractivity contribution in [3.05, 3.63) is 0 Å². The molecule has 2 nitrogen and oxygen atoms in total. The van der Waals surface area contributed by atoms with Crippen molar-refractivity contribution < 1.29 is 4.79 Å². The average Bonchev–Trinajstić information content (AvgIpc) is 2.74. The Balaban J connectivity index is 1.52. The van der Waals surface area contributed by atoms with Gasteiger partial charge in [-0.3, -0.25) is 4.79 Å². The first-order valence-electron chi connectivity index (χ1n) is 6.62. The molecule has 0 spiro atoms. The molecule has 3 rings (SSSR count). The molecule has 16 heavy (non-hydrogen) atoms. The summed E-state index contributed by atoms with van der Waals surface area (Å²) in [5.41, 5.74) is 0. The van der Waals surface area contributed by atoms with E-state index in [1.165, 1.54) is 32.1 Å². The van der Waals surface area contributed by atoms with Crippen LogP contribution in [0, 0.1) is 23.7 Å². The standard InChI is InChI=1S/C13H20BrNO/c14-3-1-9-2-4-15(8-9)13(16)12-6-10-5-11(10)7-12/h9-12H,1-8H2.